The van der Waals surface area contributed by atoms with Gasteiger partial charge in [-0.05, 0) is 33.2 Å². The van der Waals surface area contributed by atoms with Crippen LogP contribution in [0.1, 0.15) is 26.2 Å². The molecule has 2 atom stereocenters. The Balaban J connectivity index is 1.75. The SMILES string of the molecule is C/C=C/Oc1cncc(N2CCC3CCC(C2)N3C)c1. The van der Waals surface area contributed by atoms with Crippen molar-refractivity contribution in [1.29, 1.82) is 0 Å². The molecule has 0 aliphatic carbocycles. The van der Waals surface area contributed by atoms with Gasteiger partial charge in [0.15, 0.2) is 0 Å². The molecule has 2 bridgehead atoms. The Hall–Kier alpha value is -1.55. The van der Waals surface area contributed by atoms with E-state index in [-0.39, 0.29) is 0 Å². The highest BCUT2D eigenvalue weighted by atomic mass is 16.5. The predicted molar refractivity (Wildman–Crippen MR) is 81.1 cm³/mol. The molecular formula is C16H23N3O. The van der Waals surface area contributed by atoms with Crippen LogP contribution in [0.4, 0.5) is 5.69 Å². The molecule has 2 unspecified atom stereocenters. The monoisotopic (exact) mass is 273 g/mol. The van der Waals surface area contributed by atoms with Gasteiger partial charge in [0.05, 0.1) is 24.3 Å². The van der Waals surface area contributed by atoms with Crippen LogP contribution in [0.25, 0.3) is 0 Å². The van der Waals surface area contributed by atoms with Crippen molar-refractivity contribution < 1.29 is 4.74 Å². The maximum atomic E-state index is 5.52. The summed E-state index contributed by atoms with van der Waals surface area (Å²) in [5, 5.41) is 0. The van der Waals surface area contributed by atoms with E-state index >= 15 is 0 Å². The van der Waals surface area contributed by atoms with Gasteiger partial charge in [0.2, 0.25) is 0 Å². The molecule has 0 aromatic carbocycles. The third kappa shape index (κ3) is 2.66. The molecule has 2 aliphatic rings. The summed E-state index contributed by atoms with van der Waals surface area (Å²) in [7, 11) is 2.27. The standard InChI is InChI=1S/C16H23N3O/c1-3-8-20-16-9-15(10-17-11-16)19-7-6-13-4-5-14(12-19)18(13)2/h3,8-11,13-14H,4-7,12H2,1-2H3/b8-3+. The lowest BCUT2D eigenvalue weighted by atomic mass is 10.1. The fourth-order valence-electron chi connectivity index (χ4n) is 3.33. The van der Waals surface area contributed by atoms with E-state index in [1.807, 2.05) is 19.2 Å². The highest BCUT2D eigenvalue weighted by Gasteiger charge is 2.34. The van der Waals surface area contributed by atoms with E-state index in [1.165, 1.54) is 24.9 Å². The fourth-order valence-corrected chi connectivity index (χ4v) is 3.33. The first-order chi connectivity index (χ1) is 9.78. The molecule has 2 fully saturated rings. The number of pyridine rings is 1. The highest BCUT2D eigenvalue weighted by Crippen LogP contribution is 2.31. The first kappa shape index (κ1) is 13.4. The van der Waals surface area contributed by atoms with Gasteiger partial charge in [-0.25, -0.2) is 0 Å². The number of fused-ring (bicyclic) bond motifs is 2. The number of ether oxygens (including phenoxy) is 1. The van der Waals surface area contributed by atoms with Crippen molar-refractivity contribution in [3.8, 4) is 5.75 Å². The van der Waals surface area contributed by atoms with Crippen LogP contribution in [0.5, 0.6) is 5.75 Å². The van der Waals surface area contributed by atoms with E-state index in [0.29, 0.717) is 6.04 Å². The zero-order valence-corrected chi connectivity index (χ0v) is 12.3. The first-order valence-electron chi connectivity index (χ1n) is 7.47. The second-order valence-corrected chi connectivity index (χ2v) is 5.75. The Morgan fingerprint density at radius 1 is 1.25 bits per heavy atom. The van der Waals surface area contributed by atoms with Crippen molar-refractivity contribution in [2.45, 2.75) is 38.3 Å². The minimum Gasteiger partial charge on any atom is -0.464 e. The van der Waals surface area contributed by atoms with E-state index in [2.05, 4.69) is 27.9 Å². The van der Waals surface area contributed by atoms with Gasteiger partial charge in [-0.3, -0.25) is 9.88 Å². The predicted octanol–water partition coefficient (Wildman–Crippen LogP) is 2.67. The molecule has 0 N–H and O–H groups in total. The third-order valence-corrected chi connectivity index (χ3v) is 4.55. The smallest absolute Gasteiger partial charge is 0.146 e. The molecule has 0 radical (unpaired) electrons. The van der Waals surface area contributed by atoms with Crippen LogP contribution in [-0.4, -0.2) is 42.1 Å². The largest absolute Gasteiger partial charge is 0.464 e. The lowest BCUT2D eigenvalue weighted by Gasteiger charge is -2.27. The van der Waals surface area contributed by atoms with Crippen molar-refractivity contribution in [3.05, 3.63) is 30.8 Å². The lowest BCUT2D eigenvalue weighted by molar-refractivity contribution is 0.254. The van der Waals surface area contributed by atoms with E-state index < -0.39 is 0 Å². The summed E-state index contributed by atoms with van der Waals surface area (Å²) >= 11 is 0. The van der Waals surface area contributed by atoms with Gasteiger partial charge in [-0.2, -0.15) is 0 Å². The lowest BCUT2D eigenvalue weighted by Crippen LogP contribution is -2.36. The molecule has 0 saturated carbocycles. The van der Waals surface area contributed by atoms with Crippen LogP contribution in [0.3, 0.4) is 0 Å². The fraction of sp³-hybridized carbons (Fsp3) is 0.562. The van der Waals surface area contributed by atoms with Gasteiger partial charge in [0.25, 0.3) is 0 Å². The molecule has 3 rings (SSSR count). The van der Waals surface area contributed by atoms with Crippen LogP contribution < -0.4 is 9.64 Å². The number of hydrogen-bond acceptors (Lipinski definition) is 4. The van der Waals surface area contributed by atoms with Gasteiger partial charge in [-0.1, -0.05) is 6.08 Å². The second-order valence-electron chi connectivity index (χ2n) is 5.75. The Kier molecular flexibility index (Phi) is 3.92. The van der Waals surface area contributed by atoms with Crippen LogP contribution >= 0.6 is 0 Å². The van der Waals surface area contributed by atoms with Crippen LogP contribution in [0, 0.1) is 0 Å². The molecule has 108 valence electrons. The van der Waals surface area contributed by atoms with Gasteiger partial charge in [0.1, 0.15) is 5.75 Å². The summed E-state index contributed by atoms with van der Waals surface area (Å²) in [6.07, 6.45) is 11.2. The summed E-state index contributed by atoms with van der Waals surface area (Å²) in [6, 6.07) is 3.54. The van der Waals surface area contributed by atoms with E-state index in [9.17, 15) is 0 Å². The quantitative estimate of drug-likeness (QED) is 0.792. The topological polar surface area (TPSA) is 28.6 Å². The summed E-state index contributed by atoms with van der Waals surface area (Å²) in [5.74, 6) is 0.809. The Labute approximate surface area is 121 Å². The molecular weight excluding hydrogens is 250 g/mol. The molecule has 0 spiro atoms. The molecule has 3 heterocycles. The molecule has 1 aromatic heterocycles. The zero-order chi connectivity index (χ0) is 13.9. The Morgan fingerprint density at radius 2 is 2.10 bits per heavy atom. The number of hydrogen-bond donors (Lipinski definition) is 0. The van der Waals surface area contributed by atoms with Gasteiger partial charge >= 0.3 is 0 Å². The van der Waals surface area contributed by atoms with Crippen molar-refractivity contribution in [1.82, 2.24) is 9.88 Å². The summed E-state index contributed by atoms with van der Waals surface area (Å²) in [6.45, 7) is 4.15. The number of rotatable bonds is 3. The number of allylic oxidation sites excluding steroid dienone is 1. The minimum atomic E-state index is 0.683. The van der Waals surface area contributed by atoms with E-state index in [1.54, 1.807) is 12.5 Å². The second kappa shape index (κ2) is 5.83. The number of aromatic nitrogens is 1. The zero-order valence-electron chi connectivity index (χ0n) is 12.3. The Morgan fingerprint density at radius 3 is 2.95 bits per heavy atom. The molecule has 0 amide bonds. The average molecular weight is 273 g/mol. The van der Waals surface area contributed by atoms with E-state index in [4.69, 9.17) is 4.74 Å². The van der Waals surface area contributed by atoms with Crippen LogP contribution in [-0.2, 0) is 0 Å². The normalized spacial score (nSPS) is 27.0. The summed E-state index contributed by atoms with van der Waals surface area (Å²) in [4.78, 5) is 9.33. The number of likely N-dealkylation sites (N-methyl/N-ethyl adjacent to an activating group) is 1. The van der Waals surface area contributed by atoms with Crippen molar-refractivity contribution in [2.24, 2.45) is 0 Å². The van der Waals surface area contributed by atoms with E-state index in [0.717, 1.165) is 24.9 Å². The molecule has 1 aromatic rings. The maximum Gasteiger partial charge on any atom is 0.146 e. The molecule has 20 heavy (non-hydrogen) atoms. The third-order valence-electron chi connectivity index (χ3n) is 4.55. The molecule has 2 aliphatic heterocycles. The molecule has 2 saturated heterocycles. The first-order valence-corrected chi connectivity index (χ1v) is 7.47. The van der Waals surface area contributed by atoms with Crippen LogP contribution in [0.2, 0.25) is 0 Å². The van der Waals surface area contributed by atoms with Gasteiger partial charge in [-0.15, -0.1) is 0 Å². The van der Waals surface area contributed by atoms with Gasteiger partial charge in [0, 0.05) is 31.2 Å². The van der Waals surface area contributed by atoms with Crippen molar-refractivity contribution >= 4 is 5.69 Å². The Bertz CT molecular complexity index is 488. The highest BCUT2D eigenvalue weighted by molar-refractivity contribution is 5.48. The molecule has 4 heteroatoms. The van der Waals surface area contributed by atoms with Gasteiger partial charge < -0.3 is 9.64 Å². The average Bonchev–Trinajstić information content (AvgIpc) is 2.70. The maximum absolute atomic E-state index is 5.52. The minimum absolute atomic E-state index is 0.683. The number of anilines is 1. The molecule has 4 nitrogen and oxygen atoms in total. The van der Waals surface area contributed by atoms with Crippen molar-refractivity contribution in [3.63, 3.8) is 0 Å². The number of nitrogens with zero attached hydrogens (tertiary/aromatic N) is 3. The van der Waals surface area contributed by atoms with Crippen LogP contribution in [0.15, 0.2) is 30.8 Å². The van der Waals surface area contributed by atoms with Crippen molar-refractivity contribution in [2.75, 3.05) is 25.0 Å². The summed E-state index contributed by atoms with van der Waals surface area (Å²) in [5.41, 5.74) is 1.17. The summed E-state index contributed by atoms with van der Waals surface area (Å²) < 4.78 is 5.52.